The van der Waals surface area contributed by atoms with Crippen LogP contribution in [0.25, 0.3) is 11.2 Å². The largest absolute Gasteiger partial charge is 0.383 e. The number of ether oxygens (including phenoxy) is 1. The van der Waals surface area contributed by atoms with Gasteiger partial charge in [0.05, 0.1) is 17.8 Å². The third kappa shape index (κ3) is 5.35. The van der Waals surface area contributed by atoms with Gasteiger partial charge in [0.2, 0.25) is 0 Å². The van der Waals surface area contributed by atoms with Crippen molar-refractivity contribution in [3.8, 4) is 0 Å². The second-order valence-electron chi connectivity index (χ2n) is 7.85. The average Bonchev–Trinajstić information content (AvgIpc) is 2.76. The maximum absolute atomic E-state index is 6.53. The average molecular weight is 460 g/mol. The quantitative estimate of drug-likeness (QED) is 0.513. The van der Waals surface area contributed by atoms with E-state index in [0.29, 0.717) is 29.6 Å². The van der Waals surface area contributed by atoms with Crippen molar-refractivity contribution >= 4 is 46.2 Å². The van der Waals surface area contributed by atoms with Crippen molar-refractivity contribution < 1.29 is 4.74 Å². The topological polar surface area (TPSA) is 102 Å². The summed E-state index contributed by atoms with van der Waals surface area (Å²) in [5.74, 6) is 1.50. The molecule has 0 unspecified atom stereocenters. The highest BCUT2D eigenvalue weighted by molar-refractivity contribution is 7.99. The number of aromatic nitrogens is 4. The van der Waals surface area contributed by atoms with Gasteiger partial charge in [-0.25, -0.2) is 19.9 Å². The zero-order valence-corrected chi connectivity index (χ0v) is 19.2. The zero-order chi connectivity index (χ0) is 21.8. The molecule has 0 radical (unpaired) electrons. The Bertz CT molecular complexity index is 1060. The molecule has 0 aromatic carbocycles. The maximum Gasteiger partial charge on any atom is 0.179 e. The highest BCUT2D eigenvalue weighted by Gasteiger charge is 2.26. The maximum atomic E-state index is 6.53. The molecule has 1 fully saturated rings. The lowest BCUT2D eigenvalue weighted by atomic mass is 9.91. The van der Waals surface area contributed by atoms with Crippen LogP contribution in [0.15, 0.2) is 40.5 Å². The second kappa shape index (κ2) is 9.52. The molecule has 0 saturated carbocycles. The Kier molecular flexibility index (Phi) is 6.76. The molecule has 31 heavy (non-hydrogen) atoms. The molecule has 0 spiro atoms. The molecule has 4 heterocycles. The van der Waals surface area contributed by atoms with Crippen molar-refractivity contribution in [1.82, 2.24) is 19.9 Å². The fourth-order valence-electron chi connectivity index (χ4n) is 3.35. The van der Waals surface area contributed by atoms with Crippen molar-refractivity contribution in [3.63, 3.8) is 0 Å². The molecule has 1 saturated heterocycles. The first-order chi connectivity index (χ1) is 14.9. The van der Waals surface area contributed by atoms with Gasteiger partial charge in [-0.1, -0.05) is 23.4 Å². The number of nitrogens with zero attached hydrogens (tertiary/aromatic N) is 5. The number of piperidine rings is 1. The van der Waals surface area contributed by atoms with E-state index in [2.05, 4.69) is 32.1 Å². The third-order valence-electron chi connectivity index (χ3n) is 5.26. The van der Waals surface area contributed by atoms with E-state index in [9.17, 15) is 0 Å². The minimum absolute atomic E-state index is 0.0954. The van der Waals surface area contributed by atoms with Gasteiger partial charge in [0.25, 0.3) is 0 Å². The summed E-state index contributed by atoms with van der Waals surface area (Å²) in [7, 11) is 1.66. The molecule has 4 rings (SSSR count). The Morgan fingerprint density at radius 2 is 2.03 bits per heavy atom. The molecule has 3 aromatic rings. The van der Waals surface area contributed by atoms with Crippen LogP contribution in [0.5, 0.6) is 0 Å². The molecule has 1 aliphatic rings. The first-order valence-electron chi connectivity index (χ1n) is 10.2. The van der Waals surface area contributed by atoms with Gasteiger partial charge in [-0.15, -0.1) is 0 Å². The standard InChI is InChI=1S/C21H26ClN7OS/c1-21(23)6-10-29(11-7-21)16-13-26-19-14(27-16)3-4-17(28-19)31-15-5-8-24-20(18(15)22)25-9-12-30-2/h3-5,8,13H,6-7,9-12,23H2,1-2H3,(H,24,25). The van der Waals surface area contributed by atoms with Crippen LogP contribution in [0.2, 0.25) is 5.02 Å². The van der Waals surface area contributed by atoms with E-state index in [4.69, 9.17) is 27.1 Å². The van der Waals surface area contributed by atoms with E-state index < -0.39 is 0 Å². The van der Waals surface area contributed by atoms with Gasteiger partial charge in [-0.2, -0.15) is 0 Å². The minimum Gasteiger partial charge on any atom is -0.383 e. The van der Waals surface area contributed by atoms with Crippen LogP contribution in [0.4, 0.5) is 11.6 Å². The number of hydrogen-bond acceptors (Lipinski definition) is 9. The van der Waals surface area contributed by atoms with Gasteiger partial charge in [0.1, 0.15) is 22.2 Å². The summed E-state index contributed by atoms with van der Waals surface area (Å²) in [4.78, 5) is 21.4. The lowest BCUT2D eigenvalue weighted by Crippen LogP contribution is -2.48. The molecule has 3 aromatic heterocycles. The fourth-order valence-corrected chi connectivity index (χ4v) is 4.45. The van der Waals surface area contributed by atoms with E-state index in [1.807, 2.05) is 18.2 Å². The van der Waals surface area contributed by atoms with Crippen LogP contribution in [-0.4, -0.2) is 58.8 Å². The Morgan fingerprint density at radius 1 is 1.23 bits per heavy atom. The summed E-state index contributed by atoms with van der Waals surface area (Å²) in [5, 5.41) is 4.53. The summed E-state index contributed by atoms with van der Waals surface area (Å²) >= 11 is 7.99. The number of fused-ring (bicyclic) bond motifs is 1. The van der Waals surface area contributed by atoms with Gasteiger partial charge >= 0.3 is 0 Å². The predicted molar refractivity (Wildman–Crippen MR) is 125 cm³/mol. The van der Waals surface area contributed by atoms with Crippen LogP contribution in [-0.2, 0) is 4.74 Å². The summed E-state index contributed by atoms with van der Waals surface area (Å²) in [5.41, 5.74) is 7.52. The van der Waals surface area contributed by atoms with Crippen LogP contribution < -0.4 is 16.0 Å². The van der Waals surface area contributed by atoms with E-state index in [1.165, 1.54) is 11.8 Å². The van der Waals surface area contributed by atoms with Gasteiger partial charge in [0.15, 0.2) is 5.65 Å². The number of rotatable bonds is 7. The third-order valence-corrected chi connectivity index (χ3v) is 6.75. The number of hydrogen-bond donors (Lipinski definition) is 2. The molecule has 0 amide bonds. The number of anilines is 2. The van der Waals surface area contributed by atoms with Gasteiger partial charge in [0, 0.05) is 43.4 Å². The van der Waals surface area contributed by atoms with Crippen LogP contribution in [0.3, 0.4) is 0 Å². The lowest BCUT2D eigenvalue weighted by molar-refractivity contribution is 0.210. The van der Waals surface area contributed by atoms with E-state index in [0.717, 1.165) is 47.2 Å². The highest BCUT2D eigenvalue weighted by atomic mass is 35.5. The van der Waals surface area contributed by atoms with Gasteiger partial charge in [-0.3, -0.25) is 0 Å². The van der Waals surface area contributed by atoms with Crippen molar-refractivity contribution in [3.05, 3.63) is 35.6 Å². The summed E-state index contributed by atoms with van der Waals surface area (Å²) < 4.78 is 5.06. The number of nitrogens with one attached hydrogen (secondary N) is 1. The van der Waals surface area contributed by atoms with Crippen molar-refractivity contribution in [1.29, 1.82) is 0 Å². The lowest BCUT2D eigenvalue weighted by Gasteiger charge is -2.37. The first kappa shape index (κ1) is 22.0. The Balaban J connectivity index is 1.49. The monoisotopic (exact) mass is 459 g/mol. The van der Waals surface area contributed by atoms with Crippen LogP contribution in [0.1, 0.15) is 19.8 Å². The Labute approximate surface area is 191 Å². The molecule has 3 N–H and O–H groups in total. The van der Waals surface area contributed by atoms with Crippen LogP contribution in [0, 0.1) is 0 Å². The Hall–Kier alpha value is -2.20. The van der Waals surface area contributed by atoms with Crippen molar-refractivity contribution in [2.45, 2.75) is 35.2 Å². The van der Waals surface area contributed by atoms with Crippen molar-refractivity contribution in [2.75, 3.05) is 43.6 Å². The highest BCUT2D eigenvalue weighted by Crippen LogP contribution is 2.36. The molecule has 10 heteroatoms. The molecule has 1 aliphatic heterocycles. The molecule has 164 valence electrons. The first-order valence-corrected chi connectivity index (χ1v) is 11.4. The van der Waals surface area contributed by atoms with E-state index in [-0.39, 0.29) is 5.54 Å². The van der Waals surface area contributed by atoms with Crippen molar-refractivity contribution in [2.24, 2.45) is 5.73 Å². The second-order valence-corrected chi connectivity index (χ2v) is 9.30. The number of methoxy groups -OCH3 is 1. The fraction of sp³-hybridized carbons (Fsp3) is 0.429. The van der Waals surface area contributed by atoms with Gasteiger partial charge < -0.3 is 20.7 Å². The molecule has 0 bridgehead atoms. The predicted octanol–water partition coefficient (Wildman–Crippen LogP) is 3.60. The normalized spacial score (nSPS) is 15.9. The number of nitrogens with two attached hydrogens (primary N) is 1. The SMILES string of the molecule is COCCNc1nccc(Sc2ccc3nc(N4CCC(C)(N)CC4)cnc3n2)c1Cl. The minimum atomic E-state index is -0.0954. The molecule has 0 aliphatic carbocycles. The zero-order valence-electron chi connectivity index (χ0n) is 17.6. The smallest absolute Gasteiger partial charge is 0.179 e. The van der Waals surface area contributed by atoms with Gasteiger partial charge in [-0.05, 0) is 38.0 Å². The van der Waals surface area contributed by atoms with E-state index in [1.54, 1.807) is 19.5 Å². The summed E-state index contributed by atoms with van der Waals surface area (Å²) in [6.07, 6.45) is 5.40. The Morgan fingerprint density at radius 3 is 2.81 bits per heavy atom. The summed E-state index contributed by atoms with van der Waals surface area (Å²) in [6.45, 7) is 5.08. The molecular weight excluding hydrogens is 434 g/mol. The molecular formula is C21H26ClN7OS. The molecule has 0 atom stereocenters. The summed E-state index contributed by atoms with van der Waals surface area (Å²) in [6, 6.07) is 5.76. The molecule has 8 nitrogen and oxygen atoms in total. The van der Waals surface area contributed by atoms with E-state index >= 15 is 0 Å². The number of halogens is 1. The number of pyridine rings is 2. The van der Waals surface area contributed by atoms with Crippen LogP contribution >= 0.6 is 23.4 Å².